The topological polar surface area (TPSA) is 61.3 Å². The van der Waals surface area contributed by atoms with Crippen molar-refractivity contribution in [2.75, 3.05) is 25.0 Å². The maximum absolute atomic E-state index is 9.90. The van der Waals surface area contributed by atoms with Gasteiger partial charge in [0.05, 0.1) is 12.1 Å². The first-order valence-electron chi connectivity index (χ1n) is 6.60. The molecule has 0 spiro atoms. The number of piperidine rings is 1. The van der Waals surface area contributed by atoms with Crippen molar-refractivity contribution in [3.05, 3.63) is 5.01 Å². The third-order valence-corrected chi connectivity index (χ3v) is 4.15. The normalized spacial score (nSPS) is 19.9. The lowest BCUT2D eigenvalue weighted by molar-refractivity contribution is -0.00734. The van der Waals surface area contributed by atoms with Gasteiger partial charge < -0.3 is 10.4 Å². The second-order valence-corrected chi connectivity index (χ2v) is 6.26. The van der Waals surface area contributed by atoms with Crippen LogP contribution in [0, 0.1) is 0 Å². The molecule has 0 bridgehead atoms. The molecule has 2 rings (SSSR count). The first-order chi connectivity index (χ1) is 8.59. The lowest BCUT2D eigenvalue weighted by atomic mass is 9.94. The van der Waals surface area contributed by atoms with E-state index in [9.17, 15) is 5.11 Å². The minimum absolute atomic E-state index is 0.481. The summed E-state index contributed by atoms with van der Waals surface area (Å²) in [5.74, 6) is 0. The zero-order valence-corrected chi connectivity index (χ0v) is 12.0. The van der Waals surface area contributed by atoms with Crippen molar-refractivity contribution < 1.29 is 5.11 Å². The Hall–Kier alpha value is -0.720. The summed E-state index contributed by atoms with van der Waals surface area (Å²) in [7, 11) is 0. The predicted molar refractivity (Wildman–Crippen MR) is 73.8 cm³/mol. The van der Waals surface area contributed by atoms with E-state index in [-0.39, 0.29) is 0 Å². The molecule has 1 saturated heterocycles. The van der Waals surface area contributed by atoms with Crippen LogP contribution in [0.15, 0.2) is 0 Å². The first-order valence-corrected chi connectivity index (χ1v) is 7.42. The molecule has 0 aliphatic carbocycles. The van der Waals surface area contributed by atoms with Gasteiger partial charge in [0.15, 0.2) is 0 Å². The van der Waals surface area contributed by atoms with Gasteiger partial charge in [-0.25, -0.2) is 0 Å². The van der Waals surface area contributed by atoms with Crippen molar-refractivity contribution in [3.8, 4) is 0 Å². The van der Waals surface area contributed by atoms with Crippen LogP contribution < -0.4 is 5.32 Å². The second kappa shape index (κ2) is 5.95. The van der Waals surface area contributed by atoms with Crippen LogP contribution >= 0.6 is 11.3 Å². The van der Waals surface area contributed by atoms with Crippen molar-refractivity contribution in [1.29, 1.82) is 0 Å². The average molecular weight is 270 g/mol. The summed E-state index contributed by atoms with van der Waals surface area (Å²) in [6, 6.07) is 0. The molecule has 1 fully saturated rings. The van der Waals surface area contributed by atoms with Crippen molar-refractivity contribution >= 4 is 16.5 Å². The van der Waals surface area contributed by atoms with E-state index in [1.54, 1.807) is 11.3 Å². The molecule has 18 heavy (non-hydrogen) atoms. The summed E-state index contributed by atoms with van der Waals surface area (Å²) in [4.78, 5) is 2.34. The van der Waals surface area contributed by atoms with Crippen LogP contribution in [0.25, 0.3) is 0 Å². The summed E-state index contributed by atoms with van der Waals surface area (Å²) in [5.41, 5.74) is -0.481. The number of aromatic nitrogens is 2. The predicted octanol–water partition coefficient (Wildman–Crippen LogP) is 1.71. The Morgan fingerprint density at radius 1 is 1.39 bits per heavy atom. The van der Waals surface area contributed by atoms with E-state index >= 15 is 0 Å². The second-order valence-electron chi connectivity index (χ2n) is 5.20. The van der Waals surface area contributed by atoms with E-state index in [2.05, 4.69) is 27.3 Å². The summed E-state index contributed by atoms with van der Waals surface area (Å²) in [6.07, 6.45) is 2.77. The van der Waals surface area contributed by atoms with Gasteiger partial charge in [-0.15, -0.1) is 10.2 Å². The fraction of sp³-hybridized carbons (Fsp3) is 0.833. The molecule has 0 radical (unpaired) electrons. The van der Waals surface area contributed by atoms with E-state index in [0.29, 0.717) is 0 Å². The van der Waals surface area contributed by atoms with Crippen LogP contribution in [0.1, 0.15) is 38.1 Å². The summed E-state index contributed by atoms with van der Waals surface area (Å²) in [5, 5.41) is 23.4. The zero-order valence-electron chi connectivity index (χ0n) is 11.1. The van der Waals surface area contributed by atoms with Crippen molar-refractivity contribution in [1.82, 2.24) is 15.1 Å². The van der Waals surface area contributed by atoms with Gasteiger partial charge in [0.1, 0.15) is 5.01 Å². The van der Waals surface area contributed by atoms with Gasteiger partial charge in [-0.1, -0.05) is 18.3 Å². The highest BCUT2D eigenvalue weighted by molar-refractivity contribution is 7.15. The zero-order chi connectivity index (χ0) is 13.0. The van der Waals surface area contributed by atoms with Gasteiger partial charge in [-0.05, 0) is 26.2 Å². The molecule has 0 saturated carbocycles. The molecule has 1 aromatic rings. The van der Waals surface area contributed by atoms with Gasteiger partial charge in [0.2, 0.25) is 5.13 Å². The largest absolute Gasteiger partial charge is 0.390 e. The maximum Gasteiger partial charge on any atom is 0.205 e. The summed E-state index contributed by atoms with van der Waals surface area (Å²) in [6.45, 7) is 7.72. The van der Waals surface area contributed by atoms with E-state index in [1.165, 1.54) is 0 Å². The lowest BCUT2D eigenvalue weighted by Gasteiger charge is -2.35. The maximum atomic E-state index is 9.90. The fourth-order valence-electron chi connectivity index (χ4n) is 2.01. The minimum Gasteiger partial charge on any atom is -0.390 e. The standard InChI is InChI=1S/C12H22N4OS/c1-3-6-13-11-15-14-10(18-11)9-16-7-4-12(2,17)5-8-16/h17H,3-9H2,1-2H3,(H,13,15). The molecular formula is C12H22N4OS. The summed E-state index contributed by atoms with van der Waals surface area (Å²) >= 11 is 1.63. The molecule has 2 heterocycles. The number of hydrogen-bond acceptors (Lipinski definition) is 6. The van der Waals surface area contributed by atoms with Crippen LogP contribution in [0.5, 0.6) is 0 Å². The number of rotatable bonds is 5. The van der Waals surface area contributed by atoms with Crippen LogP contribution in [0.3, 0.4) is 0 Å². The van der Waals surface area contributed by atoms with Gasteiger partial charge in [0.25, 0.3) is 0 Å². The molecular weight excluding hydrogens is 248 g/mol. The Bertz CT molecular complexity index is 370. The third-order valence-electron chi connectivity index (χ3n) is 3.29. The number of aliphatic hydroxyl groups is 1. The number of likely N-dealkylation sites (tertiary alicyclic amines) is 1. The van der Waals surface area contributed by atoms with E-state index in [1.807, 2.05) is 6.92 Å². The highest BCUT2D eigenvalue weighted by Crippen LogP contribution is 2.23. The first kappa shape index (κ1) is 13.7. The van der Waals surface area contributed by atoms with Gasteiger partial charge in [0, 0.05) is 19.6 Å². The van der Waals surface area contributed by atoms with Crippen molar-refractivity contribution in [2.45, 2.75) is 45.3 Å². The molecule has 1 aliphatic heterocycles. The molecule has 1 aromatic heterocycles. The molecule has 0 atom stereocenters. The van der Waals surface area contributed by atoms with Gasteiger partial charge in [-0.3, -0.25) is 4.90 Å². The number of anilines is 1. The van der Waals surface area contributed by atoms with Crippen LogP contribution in [0.2, 0.25) is 0 Å². The van der Waals surface area contributed by atoms with E-state index < -0.39 is 5.60 Å². The molecule has 0 aromatic carbocycles. The molecule has 2 N–H and O–H groups in total. The number of nitrogens with one attached hydrogen (secondary N) is 1. The van der Waals surface area contributed by atoms with Crippen LogP contribution in [-0.2, 0) is 6.54 Å². The molecule has 1 aliphatic rings. The third kappa shape index (κ3) is 3.90. The highest BCUT2D eigenvalue weighted by atomic mass is 32.1. The average Bonchev–Trinajstić information content (AvgIpc) is 2.77. The van der Waals surface area contributed by atoms with E-state index in [4.69, 9.17) is 0 Å². The Balaban J connectivity index is 1.81. The fourth-order valence-corrected chi connectivity index (χ4v) is 2.81. The molecule has 0 amide bonds. The van der Waals surface area contributed by atoms with Gasteiger partial charge >= 0.3 is 0 Å². The molecule has 6 heteroatoms. The smallest absolute Gasteiger partial charge is 0.205 e. The summed E-state index contributed by atoms with van der Waals surface area (Å²) < 4.78 is 0. The Morgan fingerprint density at radius 2 is 2.11 bits per heavy atom. The molecule has 0 unspecified atom stereocenters. The Morgan fingerprint density at radius 3 is 2.78 bits per heavy atom. The quantitative estimate of drug-likeness (QED) is 0.853. The van der Waals surface area contributed by atoms with Crippen molar-refractivity contribution in [2.24, 2.45) is 0 Å². The van der Waals surface area contributed by atoms with Crippen LogP contribution in [-0.4, -0.2) is 45.4 Å². The van der Waals surface area contributed by atoms with E-state index in [0.717, 1.165) is 55.6 Å². The molecule has 5 nitrogen and oxygen atoms in total. The Kier molecular flexibility index (Phi) is 4.53. The number of hydrogen-bond donors (Lipinski definition) is 2. The molecule has 102 valence electrons. The SMILES string of the molecule is CCCNc1nnc(CN2CCC(C)(O)CC2)s1. The highest BCUT2D eigenvalue weighted by Gasteiger charge is 2.27. The van der Waals surface area contributed by atoms with Gasteiger partial charge in [-0.2, -0.15) is 0 Å². The van der Waals surface area contributed by atoms with Crippen LogP contribution in [0.4, 0.5) is 5.13 Å². The minimum atomic E-state index is -0.481. The lowest BCUT2D eigenvalue weighted by Crippen LogP contribution is -2.41. The number of nitrogens with zero attached hydrogens (tertiary/aromatic N) is 3. The monoisotopic (exact) mass is 270 g/mol. The van der Waals surface area contributed by atoms with Crippen molar-refractivity contribution in [3.63, 3.8) is 0 Å². The Labute approximate surface area is 112 Å².